The van der Waals surface area contributed by atoms with Crippen molar-refractivity contribution < 1.29 is 19.4 Å². The highest BCUT2D eigenvalue weighted by atomic mass is 16.5. The van der Waals surface area contributed by atoms with Gasteiger partial charge in [-0.15, -0.1) is 0 Å². The summed E-state index contributed by atoms with van der Waals surface area (Å²) < 4.78 is 5.04. The summed E-state index contributed by atoms with van der Waals surface area (Å²) in [6.45, 7) is 4.94. The van der Waals surface area contributed by atoms with Crippen LogP contribution >= 0.6 is 0 Å². The van der Waals surface area contributed by atoms with Crippen molar-refractivity contribution in [3.05, 3.63) is 0 Å². The molecule has 112 valence electrons. The Kier molecular flexibility index (Phi) is 9.88. The number of urea groups is 1. The third-order valence-electron chi connectivity index (χ3n) is 2.80. The second-order valence-corrected chi connectivity index (χ2v) is 4.83. The van der Waals surface area contributed by atoms with Gasteiger partial charge in [-0.1, -0.05) is 20.3 Å². The number of aliphatic carboxylic acids is 1. The first kappa shape index (κ1) is 17.7. The molecule has 3 N–H and O–H groups in total. The number of ether oxygens (including phenoxy) is 1. The summed E-state index contributed by atoms with van der Waals surface area (Å²) in [6.07, 6.45) is 2.54. The maximum absolute atomic E-state index is 11.7. The average molecular weight is 274 g/mol. The molecular formula is C13H26N2O4. The molecule has 6 nitrogen and oxygen atoms in total. The number of carbonyl (C=O) groups excluding carboxylic acids is 1. The Bertz CT molecular complexity index is 265. The van der Waals surface area contributed by atoms with E-state index < -0.39 is 5.97 Å². The molecule has 2 atom stereocenters. The molecule has 0 saturated carbocycles. The molecule has 0 aliphatic rings. The molecule has 0 bridgehead atoms. The number of hydrogen-bond donors (Lipinski definition) is 3. The molecule has 6 heteroatoms. The minimum absolute atomic E-state index is 0.0179. The molecule has 0 spiro atoms. The van der Waals surface area contributed by atoms with E-state index in [1.807, 2.05) is 6.92 Å². The predicted octanol–water partition coefficient (Wildman–Crippen LogP) is 1.60. The second-order valence-electron chi connectivity index (χ2n) is 4.83. The van der Waals surface area contributed by atoms with E-state index in [0.717, 1.165) is 12.8 Å². The number of nitrogens with one attached hydrogen (secondary N) is 2. The summed E-state index contributed by atoms with van der Waals surface area (Å²) in [6, 6.07) is -0.206. The molecule has 19 heavy (non-hydrogen) atoms. The van der Waals surface area contributed by atoms with Crippen molar-refractivity contribution in [2.45, 2.75) is 45.6 Å². The molecule has 0 rings (SSSR count). The molecule has 0 aliphatic heterocycles. The van der Waals surface area contributed by atoms with Gasteiger partial charge in [-0.05, 0) is 18.8 Å². The number of amides is 2. The Morgan fingerprint density at radius 1 is 1.32 bits per heavy atom. The predicted molar refractivity (Wildman–Crippen MR) is 73.1 cm³/mol. The summed E-state index contributed by atoms with van der Waals surface area (Å²) in [5, 5.41) is 14.2. The van der Waals surface area contributed by atoms with Crippen LogP contribution in [0, 0.1) is 5.92 Å². The quantitative estimate of drug-likeness (QED) is 0.564. The Labute approximate surface area is 114 Å². The van der Waals surface area contributed by atoms with Gasteiger partial charge in [0.25, 0.3) is 0 Å². The van der Waals surface area contributed by atoms with Gasteiger partial charge in [0, 0.05) is 20.1 Å². The third-order valence-corrected chi connectivity index (χ3v) is 2.80. The summed E-state index contributed by atoms with van der Waals surface area (Å²) in [5.74, 6) is -0.659. The van der Waals surface area contributed by atoms with Crippen molar-refractivity contribution >= 4 is 12.0 Å². The standard InChI is InChI=1S/C13H26N2O4/c1-4-5-11(9-19-3)15-13(18)14-8-10(2)6-7-12(16)17/h10-11H,4-9H2,1-3H3,(H,16,17)(H2,14,15,18). The fourth-order valence-electron chi connectivity index (χ4n) is 1.72. The highest BCUT2D eigenvalue weighted by molar-refractivity contribution is 5.74. The maximum Gasteiger partial charge on any atom is 0.315 e. The van der Waals surface area contributed by atoms with Crippen molar-refractivity contribution in [1.82, 2.24) is 10.6 Å². The molecule has 0 aliphatic carbocycles. The molecule has 0 fully saturated rings. The zero-order chi connectivity index (χ0) is 14.7. The van der Waals surface area contributed by atoms with Crippen molar-refractivity contribution in [2.24, 2.45) is 5.92 Å². The van der Waals surface area contributed by atoms with Crippen molar-refractivity contribution in [1.29, 1.82) is 0 Å². The molecule has 0 aromatic rings. The lowest BCUT2D eigenvalue weighted by Crippen LogP contribution is -2.45. The van der Waals surface area contributed by atoms with E-state index in [0.29, 0.717) is 19.6 Å². The van der Waals surface area contributed by atoms with E-state index in [4.69, 9.17) is 9.84 Å². The average Bonchev–Trinajstić information content (AvgIpc) is 2.34. The number of carboxylic acids is 1. The smallest absolute Gasteiger partial charge is 0.315 e. The van der Waals surface area contributed by atoms with Gasteiger partial charge in [0.1, 0.15) is 0 Å². The van der Waals surface area contributed by atoms with E-state index in [9.17, 15) is 9.59 Å². The van der Waals surface area contributed by atoms with E-state index in [2.05, 4.69) is 17.6 Å². The lowest BCUT2D eigenvalue weighted by molar-refractivity contribution is -0.137. The zero-order valence-corrected chi connectivity index (χ0v) is 12.1. The number of methoxy groups -OCH3 is 1. The van der Waals surface area contributed by atoms with E-state index in [-0.39, 0.29) is 24.4 Å². The fraction of sp³-hybridized carbons (Fsp3) is 0.846. The molecule has 0 heterocycles. The Morgan fingerprint density at radius 2 is 2.00 bits per heavy atom. The van der Waals surface area contributed by atoms with E-state index in [1.54, 1.807) is 7.11 Å². The van der Waals surface area contributed by atoms with Gasteiger partial charge in [0.2, 0.25) is 0 Å². The molecule has 0 saturated heterocycles. The van der Waals surface area contributed by atoms with Crippen LogP contribution in [0.3, 0.4) is 0 Å². The lowest BCUT2D eigenvalue weighted by atomic mass is 10.1. The van der Waals surface area contributed by atoms with E-state index >= 15 is 0 Å². The topological polar surface area (TPSA) is 87.7 Å². The van der Waals surface area contributed by atoms with Crippen LogP contribution < -0.4 is 10.6 Å². The van der Waals surface area contributed by atoms with Crippen LogP contribution in [0.15, 0.2) is 0 Å². The lowest BCUT2D eigenvalue weighted by Gasteiger charge is -2.18. The number of hydrogen-bond acceptors (Lipinski definition) is 3. The van der Waals surface area contributed by atoms with Gasteiger partial charge < -0.3 is 20.5 Å². The molecule has 2 unspecified atom stereocenters. The van der Waals surface area contributed by atoms with Crippen LogP contribution in [0.4, 0.5) is 4.79 Å². The van der Waals surface area contributed by atoms with Crippen LogP contribution in [-0.2, 0) is 9.53 Å². The number of rotatable bonds is 10. The van der Waals surface area contributed by atoms with Crippen LogP contribution in [0.5, 0.6) is 0 Å². The second kappa shape index (κ2) is 10.6. The van der Waals surface area contributed by atoms with Gasteiger partial charge in [-0.2, -0.15) is 0 Å². The molecular weight excluding hydrogens is 248 g/mol. The minimum Gasteiger partial charge on any atom is -0.481 e. The van der Waals surface area contributed by atoms with Gasteiger partial charge >= 0.3 is 12.0 Å². The summed E-state index contributed by atoms with van der Waals surface area (Å²) in [4.78, 5) is 22.1. The molecule has 2 amide bonds. The summed E-state index contributed by atoms with van der Waals surface area (Å²) >= 11 is 0. The first-order valence-electron chi connectivity index (χ1n) is 6.74. The van der Waals surface area contributed by atoms with Gasteiger partial charge in [0.05, 0.1) is 12.6 Å². The Balaban J connectivity index is 3.85. The number of carboxylic acid groups (broad SMARTS) is 1. The molecule has 0 radical (unpaired) electrons. The van der Waals surface area contributed by atoms with Crippen LogP contribution in [-0.4, -0.2) is 43.4 Å². The maximum atomic E-state index is 11.7. The first-order chi connectivity index (χ1) is 8.99. The van der Waals surface area contributed by atoms with Gasteiger partial charge in [0.15, 0.2) is 0 Å². The Hall–Kier alpha value is -1.30. The summed E-state index contributed by atoms with van der Waals surface area (Å²) in [7, 11) is 1.61. The van der Waals surface area contributed by atoms with E-state index in [1.165, 1.54) is 0 Å². The van der Waals surface area contributed by atoms with Crippen LogP contribution in [0.25, 0.3) is 0 Å². The minimum atomic E-state index is -0.806. The largest absolute Gasteiger partial charge is 0.481 e. The Morgan fingerprint density at radius 3 is 2.53 bits per heavy atom. The molecule has 0 aromatic carbocycles. The fourth-order valence-corrected chi connectivity index (χ4v) is 1.72. The van der Waals surface area contributed by atoms with Crippen molar-refractivity contribution in [3.63, 3.8) is 0 Å². The van der Waals surface area contributed by atoms with Crippen LogP contribution in [0.2, 0.25) is 0 Å². The normalized spacial score (nSPS) is 13.6. The van der Waals surface area contributed by atoms with Gasteiger partial charge in [-0.3, -0.25) is 4.79 Å². The number of carbonyl (C=O) groups is 2. The van der Waals surface area contributed by atoms with Gasteiger partial charge in [-0.25, -0.2) is 4.79 Å². The zero-order valence-electron chi connectivity index (χ0n) is 12.1. The van der Waals surface area contributed by atoms with Crippen LogP contribution in [0.1, 0.15) is 39.5 Å². The third kappa shape index (κ3) is 10.3. The SMILES string of the molecule is CCCC(COC)NC(=O)NCC(C)CCC(=O)O. The highest BCUT2D eigenvalue weighted by Crippen LogP contribution is 2.03. The summed E-state index contributed by atoms with van der Waals surface area (Å²) in [5.41, 5.74) is 0. The van der Waals surface area contributed by atoms with Crippen molar-refractivity contribution in [2.75, 3.05) is 20.3 Å². The first-order valence-corrected chi connectivity index (χ1v) is 6.74. The molecule has 0 aromatic heterocycles. The van der Waals surface area contributed by atoms with Crippen molar-refractivity contribution in [3.8, 4) is 0 Å². The monoisotopic (exact) mass is 274 g/mol. The highest BCUT2D eigenvalue weighted by Gasteiger charge is 2.12.